The molecule has 41 heavy (non-hydrogen) atoms. The fraction of sp³-hybridized carbons (Fsp3) is 0.167. The fourth-order valence-corrected chi connectivity index (χ4v) is 4.82. The zero-order valence-electron chi connectivity index (χ0n) is 23.8. The molecule has 208 valence electrons. The van der Waals surface area contributed by atoms with Gasteiger partial charge in [0.25, 0.3) is 0 Å². The van der Waals surface area contributed by atoms with E-state index in [1.165, 1.54) is 54.9 Å². The third-order valence-corrected chi connectivity index (χ3v) is 7.62. The Morgan fingerprint density at radius 1 is 0.512 bits per heavy atom. The Morgan fingerprint density at radius 2 is 0.829 bits per heavy atom. The number of phenols is 2. The summed E-state index contributed by atoms with van der Waals surface area (Å²) in [4.78, 5) is 0. The third-order valence-electron chi connectivity index (χ3n) is 7.12. The van der Waals surface area contributed by atoms with Gasteiger partial charge in [-0.1, -0.05) is 45.5 Å². The van der Waals surface area contributed by atoms with Crippen molar-refractivity contribution in [3.8, 4) is 11.5 Å². The van der Waals surface area contributed by atoms with Gasteiger partial charge < -0.3 is 10.2 Å². The maximum atomic E-state index is 8.70. The zero-order chi connectivity index (χ0) is 28.8. The first-order valence-corrected chi connectivity index (χ1v) is 14.0. The summed E-state index contributed by atoms with van der Waals surface area (Å²) < 4.78 is 0. The second-order valence-corrected chi connectivity index (χ2v) is 11.2. The van der Waals surface area contributed by atoms with Crippen molar-refractivity contribution in [3.05, 3.63) is 140 Å². The molecular formula is C36H34Cl2O2Zr. The van der Waals surface area contributed by atoms with Gasteiger partial charge in [-0.15, -0.1) is 69.1 Å². The molecule has 0 saturated carbocycles. The van der Waals surface area contributed by atoms with Crippen molar-refractivity contribution in [2.45, 2.75) is 40.5 Å². The molecule has 0 saturated heterocycles. The van der Waals surface area contributed by atoms with Gasteiger partial charge in [0.05, 0.1) is 0 Å². The van der Waals surface area contributed by atoms with Crippen molar-refractivity contribution in [1.29, 1.82) is 0 Å². The third kappa shape index (κ3) is 9.33. The van der Waals surface area contributed by atoms with Crippen molar-refractivity contribution in [3.63, 3.8) is 0 Å². The summed E-state index contributed by atoms with van der Waals surface area (Å²) >= 11 is 11.0. The minimum absolute atomic E-state index is 0. The summed E-state index contributed by atoms with van der Waals surface area (Å²) in [5.41, 5.74) is 8.43. The van der Waals surface area contributed by atoms with Crippen LogP contribution in [0.5, 0.6) is 11.5 Å². The molecule has 0 bridgehead atoms. The number of fused-ring (bicyclic) bond motifs is 2. The van der Waals surface area contributed by atoms with E-state index in [2.05, 4.69) is 76.2 Å². The van der Waals surface area contributed by atoms with E-state index in [1.807, 2.05) is 0 Å². The molecule has 0 aliphatic carbocycles. The minimum Gasteiger partial charge on any atom is -0.508 e. The quantitative estimate of drug-likeness (QED) is 0.186. The number of benzene rings is 4. The summed E-state index contributed by atoms with van der Waals surface area (Å²) in [5.74, 6) is 0.490. The standard InChI is InChI=1S/C24H24.2C6H5ClO.Zr/c1-15-7-21-11-19(12-22(21)8-16(15)2)5-6-20-13-23-9-17(3)18(4)10-24(23)14-20;2*7-5-1-3-6(8)4-2-5;/h7-14H,5-6H2,1-4H3;2*1-4,8H;/q-2;;;+2. The Labute approximate surface area is 272 Å². The second kappa shape index (κ2) is 14.9. The second-order valence-electron chi connectivity index (χ2n) is 10.3. The van der Waals surface area contributed by atoms with E-state index in [-0.39, 0.29) is 37.7 Å². The number of halogens is 2. The largest absolute Gasteiger partial charge is 2.00 e. The Hall–Kier alpha value is -2.84. The molecule has 0 radical (unpaired) electrons. The van der Waals surface area contributed by atoms with Crippen LogP contribution in [0.4, 0.5) is 0 Å². The molecule has 0 heterocycles. The van der Waals surface area contributed by atoms with Gasteiger partial charge in [-0.2, -0.15) is 12.1 Å². The monoisotopic (exact) mass is 658 g/mol. The summed E-state index contributed by atoms with van der Waals surface area (Å²) in [6.07, 6.45) is 2.22. The Balaban J connectivity index is 0.000000223. The first-order chi connectivity index (χ1) is 19.1. The van der Waals surface area contributed by atoms with Crippen molar-refractivity contribution in [1.82, 2.24) is 0 Å². The topological polar surface area (TPSA) is 40.5 Å². The zero-order valence-corrected chi connectivity index (χ0v) is 27.8. The van der Waals surface area contributed by atoms with E-state index in [0.717, 1.165) is 12.8 Å². The number of aromatic hydroxyl groups is 2. The predicted molar refractivity (Wildman–Crippen MR) is 172 cm³/mol. The van der Waals surface area contributed by atoms with Crippen molar-refractivity contribution in [2.24, 2.45) is 0 Å². The molecule has 0 aliphatic rings. The van der Waals surface area contributed by atoms with E-state index >= 15 is 0 Å². The molecule has 0 unspecified atom stereocenters. The smallest absolute Gasteiger partial charge is 0.508 e. The Bertz CT molecular complexity index is 1460. The summed E-state index contributed by atoms with van der Waals surface area (Å²) in [6.45, 7) is 8.78. The number of hydrogen-bond acceptors (Lipinski definition) is 2. The van der Waals surface area contributed by atoms with Crippen LogP contribution in [0.1, 0.15) is 33.4 Å². The van der Waals surface area contributed by atoms with Crippen LogP contribution in [0, 0.1) is 27.7 Å². The molecule has 5 heteroatoms. The van der Waals surface area contributed by atoms with Gasteiger partial charge in [0.15, 0.2) is 0 Å². The van der Waals surface area contributed by atoms with Crippen molar-refractivity contribution in [2.75, 3.05) is 0 Å². The van der Waals surface area contributed by atoms with Crippen LogP contribution in [-0.2, 0) is 39.0 Å². The van der Waals surface area contributed by atoms with Crippen LogP contribution in [-0.4, -0.2) is 10.2 Å². The summed E-state index contributed by atoms with van der Waals surface area (Å²) in [6, 6.07) is 31.4. The maximum Gasteiger partial charge on any atom is 2.00 e. The van der Waals surface area contributed by atoms with Crippen LogP contribution in [0.3, 0.4) is 0 Å². The first-order valence-electron chi connectivity index (χ1n) is 13.3. The van der Waals surface area contributed by atoms with E-state index < -0.39 is 0 Å². The molecular weight excluding hydrogens is 627 g/mol. The van der Waals surface area contributed by atoms with Gasteiger partial charge >= 0.3 is 26.2 Å². The minimum atomic E-state index is 0. The average molecular weight is 661 g/mol. The maximum absolute atomic E-state index is 8.70. The van der Waals surface area contributed by atoms with Crippen LogP contribution in [0.2, 0.25) is 10.0 Å². The summed E-state index contributed by atoms with van der Waals surface area (Å²) in [7, 11) is 0. The molecule has 0 atom stereocenters. The van der Waals surface area contributed by atoms with Crippen LogP contribution in [0.15, 0.2) is 97.1 Å². The Kier molecular flexibility index (Phi) is 11.9. The van der Waals surface area contributed by atoms with Gasteiger partial charge in [-0.3, -0.25) is 0 Å². The molecule has 6 aromatic rings. The van der Waals surface area contributed by atoms with Gasteiger partial charge in [-0.25, -0.2) is 0 Å². The van der Waals surface area contributed by atoms with Gasteiger partial charge in [-0.05, 0) is 89.1 Å². The van der Waals surface area contributed by atoms with E-state index in [0.29, 0.717) is 10.0 Å². The van der Waals surface area contributed by atoms with E-state index in [1.54, 1.807) is 48.5 Å². The molecule has 6 aromatic carbocycles. The molecule has 0 amide bonds. The van der Waals surface area contributed by atoms with Crippen LogP contribution < -0.4 is 0 Å². The van der Waals surface area contributed by atoms with Crippen LogP contribution >= 0.6 is 23.2 Å². The van der Waals surface area contributed by atoms with Crippen LogP contribution in [0.25, 0.3) is 21.5 Å². The SMILES string of the molecule is Cc1cc2cc(CCc3cc4cc(C)c(C)cc4[cH-]3)[cH-]c2cc1C.Oc1ccc(Cl)cc1.Oc1ccc(Cl)cc1.[Zr+2]. The molecule has 0 fully saturated rings. The van der Waals surface area contributed by atoms with Gasteiger partial charge in [0, 0.05) is 10.0 Å². The number of hydrogen-bond donors (Lipinski definition) is 2. The van der Waals surface area contributed by atoms with Gasteiger partial charge in [0.1, 0.15) is 11.5 Å². The number of aryl methyl sites for hydroxylation is 6. The molecule has 6 rings (SSSR count). The molecule has 0 aliphatic heterocycles. The van der Waals surface area contributed by atoms with Crippen molar-refractivity contribution >= 4 is 44.7 Å². The molecule has 2 nitrogen and oxygen atoms in total. The number of phenolic OH excluding ortho intramolecular Hbond substituents is 2. The summed E-state index contributed by atoms with van der Waals surface area (Å²) in [5, 5.41) is 24.2. The molecule has 0 aromatic heterocycles. The van der Waals surface area contributed by atoms with Crippen molar-refractivity contribution < 1.29 is 36.4 Å². The first kappa shape index (κ1) is 32.7. The average Bonchev–Trinajstić information content (AvgIpc) is 3.50. The molecule has 0 spiro atoms. The van der Waals surface area contributed by atoms with Gasteiger partial charge in [0.2, 0.25) is 0 Å². The Morgan fingerprint density at radius 3 is 1.15 bits per heavy atom. The normalized spacial score (nSPS) is 10.4. The predicted octanol–water partition coefficient (Wildman–Crippen LogP) is 10.5. The molecule has 2 N–H and O–H groups in total. The van der Waals surface area contributed by atoms with E-state index in [4.69, 9.17) is 33.4 Å². The number of rotatable bonds is 3. The van der Waals surface area contributed by atoms with E-state index in [9.17, 15) is 0 Å². The fourth-order valence-electron chi connectivity index (χ4n) is 4.56.